The first kappa shape index (κ1) is 10.7. The van der Waals surface area contributed by atoms with E-state index in [9.17, 15) is 8.42 Å². The molecule has 0 saturated heterocycles. The van der Waals surface area contributed by atoms with Crippen LogP contribution in [-0.2, 0) is 10.1 Å². The van der Waals surface area contributed by atoms with Crippen LogP contribution in [0, 0.1) is 0 Å². The number of nitrogens with two attached hydrogens (primary N) is 1. The molecule has 0 spiro atoms. The van der Waals surface area contributed by atoms with Gasteiger partial charge >= 0.3 is 0 Å². The summed E-state index contributed by atoms with van der Waals surface area (Å²) in [7, 11) is -3.66. The van der Waals surface area contributed by atoms with Gasteiger partial charge in [0.2, 0.25) is 0 Å². The molecule has 6 heteroatoms. The maximum Gasteiger partial charge on any atom is 0.264 e. The maximum atomic E-state index is 9.56. The average molecular weight is 143 g/mol. The zero-order valence-electron chi connectivity index (χ0n) is 4.40. The SMILES string of the molecule is CCS(=O)(=O)O.NO. The Morgan fingerprint density at radius 1 is 1.50 bits per heavy atom. The Bertz CT molecular complexity index is 116. The van der Waals surface area contributed by atoms with E-state index in [1.165, 1.54) is 6.92 Å². The summed E-state index contributed by atoms with van der Waals surface area (Å²) in [5.74, 6) is 3.30. The molecule has 0 bridgehead atoms. The summed E-state index contributed by atoms with van der Waals surface area (Å²) in [6.07, 6.45) is 0. The first-order chi connectivity index (χ1) is 3.56. The van der Waals surface area contributed by atoms with Crippen LogP contribution in [0.3, 0.4) is 0 Å². The van der Waals surface area contributed by atoms with Crippen LogP contribution in [0.1, 0.15) is 6.92 Å². The fraction of sp³-hybridized carbons (Fsp3) is 1.00. The predicted octanol–water partition coefficient (Wildman–Crippen LogP) is -0.772. The fourth-order valence-corrected chi connectivity index (χ4v) is 0. The molecule has 0 aliphatic heterocycles. The van der Waals surface area contributed by atoms with Crippen molar-refractivity contribution in [3.05, 3.63) is 0 Å². The first-order valence-corrected chi connectivity index (χ1v) is 3.38. The second kappa shape index (κ2) is 4.98. The zero-order valence-corrected chi connectivity index (χ0v) is 5.22. The number of rotatable bonds is 1. The van der Waals surface area contributed by atoms with Crippen LogP contribution in [0.15, 0.2) is 0 Å². The Hall–Kier alpha value is -0.170. The molecule has 0 heterocycles. The van der Waals surface area contributed by atoms with Gasteiger partial charge in [-0.05, 0) is 6.92 Å². The van der Waals surface area contributed by atoms with E-state index < -0.39 is 10.1 Å². The molecule has 0 aliphatic carbocycles. The van der Waals surface area contributed by atoms with E-state index in [-0.39, 0.29) is 5.75 Å². The van der Waals surface area contributed by atoms with Gasteiger partial charge in [0, 0.05) is 0 Å². The van der Waals surface area contributed by atoms with Crippen molar-refractivity contribution in [2.45, 2.75) is 6.92 Å². The van der Waals surface area contributed by atoms with Gasteiger partial charge in [-0.15, -0.1) is 0 Å². The van der Waals surface area contributed by atoms with Crippen LogP contribution in [0.2, 0.25) is 0 Å². The summed E-state index contributed by atoms with van der Waals surface area (Å²) < 4.78 is 26.9. The van der Waals surface area contributed by atoms with Gasteiger partial charge in [0.1, 0.15) is 0 Å². The molecule has 0 aromatic rings. The molecule has 0 radical (unpaired) electrons. The van der Waals surface area contributed by atoms with Crippen molar-refractivity contribution in [3.63, 3.8) is 0 Å². The maximum absolute atomic E-state index is 9.56. The quantitative estimate of drug-likeness (QED) is 0.330. The fourth-order valence-electron chi connectivity index (χ4n) is 0. The molecule has 0 aromatic heterocycles. The standard InChI is InChI=1S/C2H6O3S.H3NO/c1-2-6(3,4)5;1-2/h2H2,1H3,(H,3,4,5);2H,1H2. The van der Waals surface area contributed by atoms with Crippen molar-refractivity contribution in [2.24, 2.45) is 5.90 Å². The van der Waals surface area contributed by atoms with Crippen LogP contribution >= 0.6 is 0 Å². The molecule has 4 N–H and O–H groups in total. The van der Waals surface area contributed by atoms with E-state index in [1.807, 2.05) is 0 Å². The highest BCUT2D eigenvalue weighted by Gasteiger charge is 1.93. The molecule has 0 aromatic carbocycles. The lowest BCUT2D eigenvalue weighted by Crippen LogP contribution is -1.97. The Labute approximate surface area is 47.8 Å². The third-order valence-electron chi connectivity index (χ3n) is 0.365. The third kappa shape index (κ3) is 17.0. The van der Waals surface area contributed by atoms with Crippen molar-refractivity contribution < 1.29 is 18.2 Å². The second-order valence-corrected chi connectivity index (χ2v) is 2.61. The Morgan fingerprint density at radius 2 is 1.62 bits per heavy atom. The number of hydrogen-bond acceptors (Lipinski definition) is 4. The summed E-state index contributed by atoms with van der Waals surface area (Å²) in [6.45, 7) is 1.37. The van der Waals surface area contributed by atoms with Crippen molar-refractivity contribution >= 4 is 10.1 Å². The van der Waals surface area contributed by atoms with Gasteiger partial charge in [0.15, 0.2) is 0 Å². The van der Waals surface area contributed by atoms with Gasteiger partial charge in [-0.2, -0.15) is 8.42 Å². The van der Waals surface area contributed by atoms with E-state index in [0.717, 1.165) is 0 Å². The van der Waals surface area contributed by atoms with E-state index in [1.54, 1.807) is 0 Å². The molecule has 0 unspecified atom stereocenters. The molecule has 52 valence electrons. The molecule has 0 rings (SSSR count). The molecular formula is C2H9NO4S. The highest BCUT2D eigenvalue weighted by atomic mass is 32.2. The largest absolute Gasteiger partial charge is 0.320 e. The van der Waals surface area contributed by atoms with Gasteiger partial charge in [-0.3, -0.25) is 4.55 Å². The van der Waals surface area contributed by atoms with Gasteiger partial charge in [0.05, 0.1) is 5.75 Å². The van der Waals surface area contributed by atoms with Gasteiger partial charge < -0.3 is 5.21 Å². The summed E-state index contributed by atoms with van der Waals surface area (Å²) >= 11 is 0. The van der Waals surface area contributed by atoms with Crippen LogP contribution in [0.5, 0.6) is 0 Å². The zero-order chi connectivity index (χ0) is 7.21. The molecule has 0 aliphatic rings. The minimum atomic E-state index is -3.66. The minimum Gasteiger partial charge on any atom is -0.320 e. The smallest absolute Gasteiger partial charge is 0.264 e. The topological polar surface area (TPSA) is 101 Å². The van der Waals surface area contributed by atoms with Crippen LogP contribution in [-0.4, -0.2) is 23.9 Å². The van der Waals surface area contributed by atoms with Crippen molar-refractivity contribution in [1.29, 1.82) is 0 Å². The number of hydrogen-bond donors (Lipinski definition) is 3. The highest BCUT2D eigenvalue weighted by molar-refractivity contribution is 7.85. The normalized spacial score (nSPS) is 9.50. The second-order valence-electron chi connectivity index (χ2n) is 0.871. The molecule has 0 saturated carbocycles. The van der Waals surface area contributed by atoms with Gasteiger partial charge in [-0.25, -0.2) is 5.90 Å². The molecule has 0 atom stereocenters. The van der Waals surface area contributed by atoms with Crippen molar-refractivity contribution in [3.8, 4) is 0 Å². The lowest BCUT2D eigenvalue weighted by molar-refractivity contribution is 0.311. The van der Waals surface area contributed by atoms with E-state index in [0.29, 0.717) is 0 Å². The van der Waals surface area contributed by atoms with E-state index in [4.69, 9.17) is 9.76 Å². The predicted molar refractivity (Wildman–Crippen MR) is 28.1 cm³/mol. The average Bonchev–Trinajstić information content (AvgIpc) is 1.71. The van der Waals surface area contributed by atoms with E-state index in [2.05, 4.69) is 5.90 Å². The lowest BCUT2D eigenvalue weighted by atomic mass is 11.0. The third-order valence-corrected chi connectivity index (χ3v) is 1.09. The van der Waals surface area contributed by atoms with Crippen LogP contribution in [0.25, 0.3) is 0 Å². The molecule has 8 heavy (non-hydrogen) atoms. The summed E-state index contributed by atoms with van der Waals surface area (Å²) in [5, 5.41) is 6.50. The summed E-state index contributed by atoms with van der Waals surface area (Å²) in [4.78, 5) is 0. The molecule has 0 amide bonds. The van der Waals surface area contributed by atoms with E-state index >= 15 is 0 Å². The Morgan fingerprint density at radius 3 is 1.62 bits per heavy atom. The highest BCUT2D eigenvalue weighted by Crippen LogP contribution is 1.74. The Balaban J connectivity index is 0. The van der Waals surface area contributed by atoms with Gasteiger partial charge in [0.25, 0.3) is 10.1 Å². The molecule has 5 nitrogen and oxygen atoms in total. The Kier molecular flexibility index (Phi) is 6.68. The van der Waals surface area contributed by atoms with Gasteiger partial charge in [-0.1, -0.05) is 0 Å². The van der Waals surface area contributed by atoms with Crippen LogP contribution in [0.4, 0.5) is 0 Å². The summed E-state index contributed by atoms with van der Waals surface area (Å²) in [5.41, 5.74) is 0. The molecular weight excluding hydrogens is 134 g/mol. The van der Waals surface area contributed by atoms with Crippen LogP contribution < -0.4 is 5.90 Å². The van der Waals surface area contributed by atoms with Crippen molar-refractivity contribution in [1.82, 2.24) is 0 Å². The molecule has 0 fully saturated rings. The minimum absolute atomic E-state index is 0.201. The van der Waals surface area contributed by atoms with Crippen molar-refractivity contribution in [2.75, 3.05) is 5.75 Å². The lowest BCUT2D eigenvalue weighted by Gasteiger charge is -1.79. The monoisotopic (exact) mass is 143 g/mol. The summed E-state index contributed by atoms with van der Waals surface area (Å²) in [6, 6.07) is 0. The first-order valence-electron chi connectivity index (χ1n) is 1.77.